The SMILES string of the molecule is CC(C)(C)S(=O)(=O)Nc1ccc(C(=O)Nc2nnc(CF)s2)cc1. The fourth-order valence-electron chi connectivity index (χ4n) is 1.53. The molecule has 130 valence electrons. The molecule has 0 saturated heterocycles. The third-order valence-corrected chi connectivity index (χ3v) is 5.93. The van der Waals surface area contributed by atoms with Crippen LogP contribution >= 0.6 is 11.3 Å². The van der Waals surface area contributed by atoms with E-state index >= 15 is 0 Å². The number of carbonyl (C=O) groups is 1. The summed E-state index contributed by atoms with van der Waals surface area (Å²) in [6.45, 7) is 4.02. The highest BCUT2D eigenvalue weighted by Gasteiger charge is 2.28. The van der Waals surface area contributed by atoms with Crippen molar-refractivity contribution in [2.75, 3.05) is 10.0 Å². The lowest BCUT2D eigenvalue weighted by Crippen LogP contribution is -2.33. The van der Waals surface area contributed by atoms with Crippen LogP contribution in [-0.2, 0) is 16.7 Å². The summed E-state index contributed by atoms with van der Waals surface area (Å²) in [6.07, 6.45) is 0. The van der Waals surface area contributed by atoms with Gasteiger partial charge in [-0.15, -0.1) is 10.2 Å². The lowest BCUT2D eigenvalue weighted by atomic mass is 10.2. The zero-order valence-corrected chi connectivity index (χ0v) is 15.0. The molecular formula is C14H17FN4O3S2. The Labute approximate surface area is 143 Å². The van der Waals surface area contributed by atoms with Gasteiger partial charge >= 0.3 is 0 Å². The number of sulfonamides is 1. The van der Waals surface area contributed by atoms with Gasteiger partial charge in [-0.2, -0.15) is 0 Å². The summed E-state index contributed by atoms with van der Waals surface area (Å²) in [5.74, 6) is -0.443. The molecule has 0 aliphatic carbocycles. The summed E-state index contributed by atoms with van der Waals surface area (Å²) in [5, 5.41) is 10.1. The van der Waals surface area contributed by atoms with E-state index in [1.807, 2.05) is 0 Å². The van der Waals surface area contributed by atoms with Crippen molar-refractivity contribution in [3.8, 4) is 0 Å². The maximum absolute atomic E-state index is 12.4. The first-order valence-corrected chi connectivity index (χ1v) is 9.24. The maximum atomic E-state index is 12.4. The quantitative estimate of drug-likeness (QED) is 0.840. The van der Waals surface area contributed by atoms with Gasteiger partial charge in [0.15, 0.2) is 0 Å². The number of carbonyl (C=O) groups excluding carboxylic acids is 1. The second kappa shape index (κ2) is 6.81. The van der Waals surface area contributed by atoms with Gasteiger partial charge in [0.1, 0.15) is 11.7 Å². The average molecular weight is 372 g/mol. The molecule has 0 saturated carbocycles. The Bertz CT molecular complexity index is 826. The second-order valence-corrected chi connectivity index (χ2v) is 9.38. The van der Waals surface area contributed by atoms with Crippen molar-refractivity contribution in [2.24, 2.45) is 0 Å². The molecular weight excluding hydrogens is 355 g/mol. The molecule has 2 rings (SSSR count). The van der Waals surface area contributed by atoms with E-state index < -0.39 is 27.4 Å². The molecule has 0 atom stereocenters. The minimum atomic E-state index is -3.54. The average Bonchev–Trinajstić information content (AvgIpc) is 2.94. The van der Waals surface area contributed by atoms with Gasteiger partial charge in [0, 0.05) is 11.3 Å². The number of aromatic nitrogens is 2. The molecule has 1 heterocycles. The third-order valence-electron chi connectivity index (χ3n) is 3.01. The smallest absolute Gasteiger partial charge is 0.257 e. The van der Waals surface area contributed by atoms with Crippen LogP contribution < -0.4 is 10.0 Å². The Morgan fingerprint density at radius 1 is 1.21 bits per heavy atom. The van der Waals surface area contributed by atoms with Crippen LogP contribution in [0.1, 0.15) is 36.1 Å². The fraction of sp³-hybridized carbons (Fsp3) is 0.357. The maximum Gasteiger partial charge on any atom is 0.257 e. The van der Waals surface area contributed by atoms with Crippen LogP contribution in [0.25, 0.3) is 0 Å². The minimum absolute atomic E-state index is 0.178. The van der Waals surface area contributed by atoms with E-state index in [1.54, 1.807) is 20.8 Å². The standard InChI is InChI=1S/C14H17FN4O3S2/c1-14(2,3)24(21,22)19-10-6-4-9(5-7-10)12(20)16-13-18-17-11(8-15)23-13/h4-7,19H,8H2,1-3H3,(H,16,18,20). The van der Waals surface area contributed by atoms with Crippen molar-refractivity contribution >= 4 is 38.1 Å². The summed E-state index contributed by atoms with van der Waals surface area (Å²) in [7, 11) is -3.54. The number of amides is 1. The van der Waals surface area contributed by atoms with E-state index in [0.717, 1.165) is 11.3 Å². The van der Waals surface area contributed by atoms with E-state index in [2.05, 4.69) is 20.2 Å². The summed E-state index contributed by atoms with van der Waals surface area (Å²) in [4.78, 5) is 12.1. The van der Waals surface area contributed by atoms with Crippen LogP contribution in [0.3, 0.4) is 0 Å². The zero-order valence-electron chi connectivity index (χ0n) is 13.3. The van der Waals surface area contributed by atoms with Crippen LogP contribution in [0.2, 0.25) is 0 Å². The Morgan fingerprint density at radius 2 is 1.83 bits per heavy atom. The normalized spacial score (nSPS) is 12.0. The summed E-state index contributed by atoms with van der Waals surface area (Å²) >= 11 is 0.949. The molecule has 2 N–H and O–H groups in total. The number of anilines is 2. The van der Waals surface area contributed by atoms with E-state index in [-0.39, 0.29) is 10.1 Å². The van der Waals surface area contributed by atoms with Gasteiger partial charge in [-0.25, -0.2) is 12.8 Å². The molecule has 0 spiro atoms. The number of halogens is 1. The molecule has 2 aromatic rings. The zero-order chi connectivity index (χ0) is 18.0. The molecule has 0 radical (unpaired) electrons. The molecule has 1 aromatic heterocycles. The van der Waals surface area contributed by atoms with Gasteiger partial charge in [0.2, 0.25) is 15.2 Å². The van der Waals surface area contributed by atoms with Gasteiger partial charge in [-0.05, 0) is 45.0 Å². The molecule has 0 fully saturated rings. The first kappa shape index (κ1) is 18.3. The summed E-state index contributed by atoms with van der Waals surface area (Å²) in [6, 6.07) is 5.94. The highest BCUT2D eigenvalue weighted by atomic mass is 32.2. The van der Waals surface area contributed by atoms with Crippen molar-refractivity contribution in [3.05, 3.63) is 34.8 Å². The number of hydrogen-bond acceptors (Lipinski definition) is 6. The van der Waals surface area contributed by atoms with Gasteiger partial charge in [0.25, 0.3) is 5.91 Å². The Balaban J connectivity index is 2.07. The second-order valence-electron chi connectivity index (χ2n) is 5.88. The first-order valence-electron chi connectivity index (χ1n) is 6.94. The third kappa shape index (κ3) is 4.26. The summed E-state index contributed by atoms with van der Waals surface area (Å²) in [5.41, 5.74) is 0.669. The van der Waals surface area contributed by atoms with Gasteiger partial charge in [-0.1, -0.05) is 11.3 Å². The molecule has 10 heteroatoms. The predicted octanol–water partition coefficient (Wildman–Crippen LogP) is 2.80. The monoisotopic (exact) mass is 372 g/mol. The van der Waals surface area contributed by atoms with Gasteiger partial charge in [-0.3, -0.25) is 14.8 Å². The molecule has 0 aliphatic heterocycles. The van der Waals surface area contributed by atoms with Crippen molar-refractivity contribution < 1.29 is 17.6 Å². The number of benzene rings is 1. The Kier molecular flexibility index (Phi) is 5.19. The van der Waals surface area contributed by atoms with Crippen molar-refractivity contribution in [3.63, 3.8) is 0 Å². The fourth-order valence-corrected chi connectivity index (χ4v) is 2.86. The first-order chi connectivity index (χ1) is 11.1. The van der Waals surface area contributed by atoms with Crippen LogP contribution in [0.5, 0.6) is 0 Å². The topological polar surface area (TPSA) is 101 Å². The predicted molar refractivity (Wildman–Crippen MR) is 91.4 cm³/mol. The molecule has 1 aromatic carbocycles. The highest BCUT2D eigenvalue weighted by molar-refractivity contribution is 7.94. The molecule has 24 heavy (non-hydrogen) atoms. The molecule has 0 bridgehead atoms. The molecule has 1 amide bonds. The Morgan fingerprint density at radius 3 is 2.33 bits per heavy atom. The number of hydrogen-bond donors (Lipinski definition) is 2. The largest absolute Gasteiger partial charge is 0.296 e. The number of nitrogens with one attached hydrogen (secondary N) is 2. The van der Waals surface area contributed by atoms with E-state index in [4.69, 9.17) is 0 Å². The number of nitrogens with zero attached hydrogens (tertiary/aromatic N) is 2. The van der Waals surface area contributed by atoms with Crippen LogP contribution in [0.15, 0.2) is 24.3 Å². The molecule has 0 aliphatic rings. The summed E-state index contributed by atoms with van der Waals surface area (Å²) < 4.78 is 38.1. The van der Waals surface area contributed by atoms with Crippen LogP contribution in [-0.4, -0.2) is 29.3 Å². The van der Waals surface area contributed by atoms with E-state index in [9.17, 15) is 17.6 Å². The molecule has 0 unspecified atom stereocenters. The van der Waals surface area contributed by atoms with Crippen LogP contribution in [0.4, 0.5) is 15.2 Å². The highest BCUT2D eigenvalue weighted by Crippen LogP contribution is 2.21. The van der Waals surface area contributed by atoms with Gasteiger partial charge < -0.3 is 0 Å². The van der Waals surface area contributed by atoms with Crippen LogP contribution in [0, 0.1) is 0 Å². The lowest BCUT2D eigenvalue weighted by Gasteiger charge is -2.20. The van der Waals surface area contributed by atoms with Crippen molar-refractivity contribution in [1.29, 1.82) is 0 Å². The number of alkyl halides is 1. The van der Waals surface area contributed by atoms with Gasteiger partial charge in [0.05, 0.1) is 4.75 Å². The number of rotatable bonds is 5. The van der Waals surface area contributed by atoms with E-state index in [0.29, 0.717) is 11.3 Å². The van der Waals surface area contributed by atoms with Crippen molar-refractivity contribution in [2.45, 2.75) is 32.2 Å². The van der Waals surface area contributed by atoms with E-state index in [1.165, 1.54) is 24.3 Å². The Hall–Kier alpha value is -2.07. The molecule has 7 nitrogen and oxygen atoms in total. The van der Waals surface area contributed by atoms with Crippen molar-refractivity contribution in [1.82, 2.24) is 10.2 Å². The minimum Gasteiger partial charge on any atom is -0.296 e. The lowest BCUT2D eigenvalue weighted by molar-refractivity contribution is 0.102.